The summed E-state index contributed by atoms with van der Waals surface area (Å²) in [5, 5.41) is 25.2. The second-order valence-electron chi connectivity index (χ2n) is 7.41. The van der Waals surface area contributed by atoms with E-state index >= 15 is 0 Å². The van der Waals surface area contributed by atoms with Gasteiger partial charge in [0, 0.05) is 24.7 Å². The Balaban J connectivity index is 1.90. The minimum Gasteiger partial charge on any atom is -0.481 e. The Labute approximate surface area is 194 Å². The zero-order valence-electron chi connectivity index (χ0n) is 18.1. The van der Waals surface area contributed by atoms with Crippen LogP contribution in [0.3, 0.4) is 0 Å². The van der Waals surface area contributed by atoms with E-state index in [1.807, 2.05) is 0 Å². The Bertz CT molecular complexity index is 996. The first-order chi connectivity index (χ1) is 16.2. The molecule has 8 N–H and O–H groups in total. The van der Waals surface area contributed by atoms with Crippen molar-refractivity contribution in [3.63, 3.8) is 0 Å². The van der Waals surface area contributed by atoms with Gasteiger partial charge in [-0.3, -0.25) is 19.2 Å². The Hall–Kier alpha value is -4.26. The lowest BCUT2D eigenvalue weighted by Crippen LogP contribution is -2.54. The van der Waals surface area contributed by atoms with Crippen LogP contribution in [0.4, 0.5) is 0 Å². The molecule has 182 valence electrons. The standard InChI is InChI=1S/C21H26N6O7/c22-14(7-13-9-23-11-25-13)19(31)27-15(8-18(29)30)20(32)24-10-17(28)26-16(21(33)34)6-12-4-2-1-3-5-12/h1-5,9,11,14-16H,6-8,10,22H2,(H,23,25)(H,24,32)(H,26,28)(H,27,31)(H,29,30)(H,33,34). The van der Waals surface area contributed by atoms with Crippen molar-refractivity contribution >= 4 is 29.7 Å². The average Bonchev–Trinajstić information content (AvgIpc) is 3.29. The highest BCUT2D eigenvalue weighted by Crippen LogP contribution is 2.04. The number of carbonyl (C=O) groups is 5. The van der Waals surface area contributed by atoms with Crippen molar-refractivity contribution in [3.8, 4) is 0 Å². The van der Waals surface area contributed by atoms with Crippen LogP contribution in [-0.4, -0.2) is 74.5 Å². The molecule has 3 unspecified atom stereocenters. The number of nitrogens with two attached hydrogens (primary N) is 1. The third-order valence-corrected chi connectivity index (χ3v) is 4.68. The maximum atomic E-state index is 12.4. The van der Waals surface area contributed by atoms with Gasteiger partial charge in [0.2, 0.25) is 17.7 Å². The Morgan fingerprint density at radius 3 is 2.26 bits per heavy atom. The molecule has 1 heterocycles. The predicted octanol–water partition coefficient (Wildman–Crippen LogP) is -1.83. The second kappa shape index (κ2) is 12.7. The molecule has 0 aliphatic rings. The molecule has 0 saturated carbocycles. The van der Waals surface area contributed by atoms with E-state index in [2.05, 4.69) is 25.9 Å². The zero-order chi connectivity index (χ0) is 25.1. The number of imidazole rings is 1. The van der Waals surface area contributed by atoms with Crippen LogP contribution in [0.15, 0.2) is 42.9 Å². The van der Waals surface area contributed by atoms with E-state index in [1.54, 1.807) is 30.3 Å². The molecule has 13 nitrogen and oxygen atoms in total. The molecule has 1 aromatic heterocycles. The van der Waals surface area contributed by atoms with E-state index in [0.29, 0.717) is 11.3 Å². The van der Waals surface area contributed by atoms with Crippen LogP contribution in [0.25, 0.3) is 0 Å². The highest BCUT2D eigenvalue weighted by atomic mass is 16.4. The van der Waals surface area contributed by atoms with Gasteiger partial charge < -0.3 is 36.9 Å². The predicted molar refractivity (Wildman–Crippen MR) is 117 cm³/mol. The van der Waals surface area contributed by atoms with Gasteiger partial charge in [0.1, 0.15) is 12.1 Å². The minimum atomic E-state index is -1.50. The fraction of sp³-hybridized carbons (Fsp3) is 0.333. The molecule has 13 heteroatoms. The number of nitrogens with one attached hydrogen (secondary N) is 4. The van der Waals surface area contributed by atoms with Gasteiger partial charge >= 0.3 is 11.9 Å². The van der Waals surface area contributed by atoms with Crippen molar-refractivity contribution in [2.75, 3.05) is 6.54 Å². The van der Waals surface area contributed by atoms with E-state index in [4.69, 9.17) is 10.8 Å². The summed E-state index contributed by atoms with van der Waals surface area (Å²) in [6.07, 6.45) is 2.23. The molecule has 2 aromatic rings. The number of carbonyl (C=O) groups excluding carboxylic acids is 3. The molecule has 1 aromatic carbocycles. The number of hydrogen-bond donors (Lipinski definition) is 7. The number of amides is 3. The number of aromatic nitrogens is 2. The van der Waals surface area contributed by atoms with Crippen molar-refractivity contribution in [3.05, 3.63) is 54.1 Å². The van der Waals surface area contributed by atoms with Crippen LogP contribution in [-0.2, 0) is 36.8 Å². The molecule has 0 spiro atoms. The van der Waals surface area contributed by atoms with E-state index < -0.39 is 60.8 Å². The molecule has 0 aliphatic heterocycles. The molecule has 2 rings (SSSR count). The zero-order valence-corrected chi connectivity index (χ0v) is 18.1. The van der Waals surface area contributed by atoms with Crippen LogP contribution in [0.5, 0.6) is 0 Å². The second-order valence-corrected chi connectivity index (χ2v) is 7.41. The quantitative estimate of drug-likeness (QED) is 0.173. The fourth-order valence-electron chi connectivity index (χ4n) is 2.97. The summed E-state index contributed by atoms with van der Waals surface area (Å²) < 4.78 is 0. The molecule has 0 aliphatic carbocycles. The number of carboxylic acid groups (broad SMARTS) is 2. The molecular weight excluding hydrogens is 448 g/mol. The molecular formula is C21H26N6O7. The highest BCUT2D eigenvalue weighted by Gasteiger charge is 2.27. The van der Waals surface area contributed by atoms with Gasteiger partial charge in [-0.1, -0.05) is 30.3 Å². The first-order valence-electron chi connectivity index (χ1n) is 10.2. The van der Waals surface area contributed by atoms with Gasteiger partial charge in [-0.2, -0.15) is 0 Å². The minimum absolute atomic E-state index is 0.0295. The van der Waals surface area contributed by atoms with Gasteiger partial charge in [0.05, 0.1) is 25.3 Å². The number of H-pyrrole nitrogens is 1. The summed E-state index contributed by atoms with van der Waals surface area (Å²) in [6.45, 7) is -0.621. The lowest BCUT2D eigenvalue weighted by Gasteiger charge is -2.20. The van der Waals surface area contributed by atoms with Crippen molar-refractivity contribution in [1.29, 1.82) is 0 Å². The van der Waals surface area contributed by atoms with Gasteiger partial charge in [-0.05, 0) is 5.56 Å². The SMILES string of the molecule is NC(Cc1cnc[nH]1)C(=O)NC(CC(=O)O)C(=O)NCC(=O)NC(Cc1ccccc1)C(=O)O. The third-order valence-electron chi connectivity index (χ3n) is 4.68. The Kier molecular flexibility index (Phi) is 9.71. The largest absolute Gasteiger partial charge is 0.481 e. The Morgan fingerprint density at radius 2 is 1.68 bits per heavy atom. The smallest absolute Gasteiger partial charge is 0.326 e. The van der Waals surface area contributed by atoms with Crippen LogP contribution >= 0.6 is 0 Å². The number of benzene rings is 1. The summed E-state index contributed by atoms with van der Waals surface area (Å²) in [5.41, 5.74) is 7.06. The van der Waals surface area contributed by atoms with Crippen molar-refractivity contribution in [2.45, 2.75) is 37.4 Å². The van der Waals surface area contributed by atoms with Crippen molar-refractivity contribution < 1.29 is 34.2 Å². The summed E-state index contributed by atoms with van der Waals surface area (Å²) in [7, 11) is 0. The third kappa shape index (κ3) is 8.70. The van der Waals surface area contributed by atoms with Crippen molar-refractivity contribution in [1.82, 2.24) is 25.9 Å². The monoisotopic (exact) mass is 474 g/mol. The lowest BCUT2D eigenvalue weighted by atomic mass is 10.1. The summed E-state index contributed by atoms with van der Waals surface area (Å²) >= 11 is 0. The van der Waals surface area contributed by atoms with Crippen LogP contribution < -0.4 is 21.7 Å². The lowest BCUT2D eigenvalue weighted by molar-refractivity contribution is -0.142. The summed E-state index contributed by atoms with van der Waals surface area (Å²) in [6, 6.07) is 4.83. The molecule has 0 bridgehead atoms. The number of hydrogen-bond acceptors (Lipinski definition) is 7. The first-order valence-corrected chi connectivity index (χ1v) is 10.2. The van der Waals surface area contributed by atoms with Gasteiger partial charge in [-0.25, -0.2) is 9.78 Å². The first kappa shape index (κ1) is 26.0. The van der Waals surface area contributed by atoms with Crippen LogP contribution in [0.1, 0.15) is 17.7 Å². The Morgan fingerprint density at radius 1 is 0.971 bits per heavy atom. The summed E-state index contributed by atoms with van der Waals surface area (Å²) in [4.78, 5) is 66.1. The van der Waals surface area contributed by atoms with E-state index in [0.717, 1.165) is 0 Å². The molecule has 3 atom stereocenters. The maximum Gasteiger partial charge on any atom is 0.326 e. The average molecular weight is 474 g/mol. The number of nitrogens with zero attached hydrogens (tertiary/aromatic N) is 1. The molecule has 3 amide bonds. The number of carboxylic acids is 2. The molecule has 0 saturated heterocycles. The van der Waals surface area contributed by atoms with E-state index in [-0.39, 0.29) is 12.8 Å². The fourth-order valence-corrected chi connectivity index (χ4v) is 2.97. The van der Waals surface area contributed by atoms with Gasteiger partial charge in [0.25, 0.3) is 0 Å². The van der Waals surface area contributed by atoms with Gasteiger partial charge in [-0.15, -0.1) is 0 Å². The van der Waals surface area contributed by atoms with Crippen molar-refractivity contribution in [2.24, 2.45) is 5.73 Å². The number of aromatic amines is 1. The number of aliphatic carboxylic acids is 2. The highest BCUT2D eigenvalue weighted by molar-refractivity contribution is 5.94. The van der Waals surface area contributed by atoms with Gasteiger partial charge in [0.15, 0.2) is 0 Å². The normalized spacial score (nSPS) is 13.2. The molecule has 0 fully saturated rings. The summed E-state index contributed by atoms with van der Waals surface area (Å²) in [5.74, 6) is -5.12. The van der Waals surface area contributed by atoms with Crippen LogP contribution in [0, 0.1) is 0 Å². The topological polar surface area (TPSA) is 217 Å². The van der Waals surface area contributed by atoms with E-state index in [1.165, 1.54) is 12.5 Å². The van der Waals surface area contributed by atoms with Crippen LogP contribution in [0.2, 0.25) is 0 Å². The van der Waals surface area contributed by atoms with E-state index in [9.17, 15) is 29.1 Å². The molecule has 34 heavy (non-hydrogen) atoms. The number of rotatable bonds is 13. The molecule has 0 radical (unpaired) electrons. The maximum absolute atomic E-state index is 12.4.